The van der Waals surface area contributed by atoms with Gasteiger partial charge in [-0.15, -0.1) is 0 Å². The molecule has 0 aliphatic heterocycles. The quantitative estimate of drug-likeness (QED) is 0.0222. The van der Waals surface area contributed by atoms with E-state index in [1.54, 1.807) is 0 Å². The van der Waals surface area contributed by atoms with Crippen LogP contribution in [0, 0.1) is 5.92 Å². The molecule has 17 nitrogen and oxygen atoms in total. The highest BCUT2D eigenvalue weighted by atomic mass is 31.2. The second kappa shape index (κ2) is 71.1. The fraction of sp³-hybridized carbons (Fsp3) is 0.949. The van der Waals surface area contributed by atoms with E-state index in [1.807, 2.05) is 0 Å². The van der Waals surface area contributed by atoms with Crippen LogP contribution in [0.25, 0.3) is 0 Å². The maximum Gasteiger partial charge on any atom is 0.472 e. The van der Waals surface area contributed by atoms with E-state index in [1.165, 1.54) is 238 Å². The molecule has 0 aromatic heterocycles. The molecule has 0 aromatic carbocycles. The molecule has 0 saturated carbocycles. The number of phosphoric ester groups is 2. The summed E-state index contributed by atoms with van der Waals surface area (Å²) in [5, 5.41) is 10.6. The molecule has 3 N–H and O–H groups in total. The van der Waals surface area contributed by atoms with Crippen LogP contribution < -0.4 is 0 Å². The largest absolute Gasteiger partial charge is 0.472 e. The van der Waals surface area contributed by atoms with Crippen molar-refractivity contribution >= 4 is 39.5 Å². The van der Waals surface area contributed by atoms with Crippen molar-refractivity contribution in [1.29, 1.82) is 0 Å². The summed E-state index contributed by atoms with van der Waals surface area (Å²) < 4.78 is 68.6. The minimum atomic E-state index is -4.96. The molecule has 0 aliphatic carbocycles. The van der Waals surface area contributed by atoms with Crippen molar-refractivity contribution in [1.82, 2.24) is 0 Å². The number of esters is 4. The fourth-order valence-corrected chi connectivity index (χ4v) is 13.6. The Balaban J connectivity index is 5.24. The Bertz CT molecular complexity index is 1860. The average Bonchev–Trinajstić information content (AvgIpc) is 1.56. The standard InChI is InChI=1S/C78H152O17P2/c1-6-9-12-15-18-21-24-26-28-29-31-33-39-44-49-54-59-64-78(83)95-74(68-89-76(81)62-57-52-47-42-37-35-34-36-40-45-50-55-60-71(4)5)70-93-97(86,87)91-66-72(79)65-90-96(84,85)92-69-73(67-88-75(80)61-56-51-46-41-23-20-17-14-11-8-3)94-77(82)63-58-53-48-43-38-32-30-27-25-22-19-16-13-10-7-2/h71-74,79H,6-70H2,1-5H3,(H,84,85)(H,86,87)/t72-,73+,74+/m0/s1. The first-order valence-electron chi connectivity index (χ1n) is 40.6. The number of rotatable bonds is 78. The summed E-state index contributed by atoms with van der Waals surface area (Å²) in [7, 11) is -9.91. The number of aliphatic hydroxyl groups excluding tert-OH is 1. The van der Waals surface area contributed by atoms with E-state index in [9.17, 15) is 43.2 Å². The highest BCUT2D eigenvalue weighted by Gasteiger charge is 2.30. The zero-order valence-electron chi connectivity index (χ0n) is 63.2. The Hall–Kier alpha value is -1.94. The van der Waals surface area contributed by atoms with E-state index in [2.05, 4.69) is 34.6 Å². The van der Waals surface area contributed by atoms with E-state index in [-0.39, 0.29) is 25.7 Å². The number of carbonyl (C=O) groups is 4. The number of ether oxygens (including phenoxy) is 4. The van der Waals surface area contributed by atoms with Gasteiger partial charge in [-0.25, -0.2) is 9.13 Å². The predicted molar refractivity (Wildman–Crippen MR) is 395 cm³/mol. The second-order valence-electron chi connectivity index (χ2n) is 28.6. The minimum Gasteiger partial charge on any atom is -0.462 e. The second-order valence-corrected chi connectivity index (χ2v) is 31.5. The number of hydrogen-bond donors (Lipinski definition) is 3. The molecule has 0 radical (unpaired) electrons. The van der Waals surface area contributed by atoms with E-state index in [0.717, 1.165) is 95.8 Å². The highest BCUT2D eigenvalue weighted by molar-refractivity contribution is 7.47. The summed E-state index contributed by atoms with van der Waals surface area (Å²) in [4.78, 5) is 72.9. The van der Waals surface area contributed by atoms with E-state index in [4.69, 9.17) is 37.0 Å². The third-order valence-electron chi connectivity index (χ3n) is 18.3. The Morgan fingerprint density at radius 1 is 0.278 bits per heavy atom. The maximum absolute atomic E-state index is 13.1. The van der Waals surface area contributed by atoms with Gasteiger partial charge < -0.3 is 33.8 Å². The zero-order chi connectivity index (χ0) is 71.2. The van der Waals surface area contributed by atoms with Gasteiger partial charge in [0.2, 0.25) is 0 Å². The van der Waals surface area contributed by atoms with Gasteiger partial charge in [0.15, 0.2) is 12.2 Å². The molecule has 0 aliphatic rings. The smallest absolute Gasteiger partial charge is 0.462 e. The molecule has 0 bridgehead atoms. The van der Waals surface area contributed by atoms with Crippen molar-refractivity contribution in [2.24, 2.45) is 5.92 Å². The monoisotopic (exact) mass is 1420 g/mol. The van der Waals surface area contributed by atoms with Crippen LogP contribution in [-0.2, 0) is 65.4 Å². The maximum atomic E-state index is 13.1. The van der Waals surface area contributed by atoms with Gasteiger partial charge in [0.05, 0.1) is 26.4 Å². The third-order valence-corrected chi connectivity index (χ3v) is 20.2. The lowest BCUT2D eigenvalue weighted by Crippen LogP contribution is -2.30. The van der Waals surface area contributed by atoms with E-state index < -0.39 is 97.5 Å². The van der Waals surface area contributed by atoms with Crippen molar-refractivity contribution in [3.8, 4) is 0 Å². The van der Waals surface area contributed by atoms with Crippen LogP contribution in [0.3, 0.4) is 0 Å². The first-order valence-corrected chi connectivity index (χ1v) is 43.6. The summed E-state index contributed by atoms with van der Waals surface area (Å²) >= 11 is 0. The first kappa shape index (κ1) is 95.1. The molecule has 97 heavy (non-hydrogen) atoms. The van der Waals surface area contributed by atoms with Crippen LogP contribution in [0.15, 0.2) is 0 Å². The number of hydrogen-bond acceptors (Lipinski definition) is 15. The van der Waals surface area contributed by atoms with E-state index in [0.29, 0.717) is 25.7 Å². The number of aliphatic hydroxyl groups is 1. The highest BCUT2D eigenvalue weighted by Crippen LogP contribution is 2.45. The summed E-state index contributed by atoms with van der Waals surface area (Å²) in [6, 6.07) is 0. The van der Waals surface area contributed by atoms with Gasteiger partial charge in [0, 0.05) is 25.7 Å². The van der Waals surface area contributed by atoms with Crippen LogP contribution in [-0.4, -0.2) is 96.7 Å². The van der Waals surface area contributed by atoms with Crippen LogP contribution in [0.4, 0.5) is 0 Å². The summed E-state index contributed by atoms with van der Waals surface area (Å²) in [6.45, 7) is 7.32. The van der Waals surface area contributed by atoms with E-state index >= 15 is 0 Å². The Kier molecular flexibility index (Phi) is 69.6. The zero-order valence-corrected chi connectivity index (χ0v) is 65.0. The summed E-state index contributed by atoms with van der Waals surface area (Å²) in [5.74, 6) is -1.33. The summed E-state index contributed by atoms with van der Waals surface area (Å²) in [6.07, 6.45) is 60.9. The van der Waals surface area contributed by atoms with Crippen molar-refractivity contribution in [2.45, 2.75) is 432 Å². The number of carbonyl (C=O) groups excluding carboxylic acids is 4. The molecule has 0 spiro atoms. The SMILES string of the molecule is CCCCCCCCCCCCCCCCCCCC(=O)O[C@H](COC(=O)CCCCCCCCCCCCCCC(C)C)COP(=O)(O)OC[C@@H](O)COP(=O)(O)OC[C@@H](COC(=O)CCCCCCCCCCCC)OC(=O)CCCCCCCCCCCCCCCCC. The molecule has 2 unspecified atom stereocenters. The Morgan fingerprint density at radius 3 is 0.701 bits per heavy atom. The summed E-state index contributed by atoms with van der Waals surface area (Å²) in [5.41, 5.74) is 0. The van der Waals surface area contributed by atoms with Crippen molar-refractivity contribution in [2.75, 3.05) is 39.6 Å². The number of unbranched alkanes of at least 4 members (excludes halogenated alkanes) is 50. The third kappa shape index (κ3) is 72.2. The van der Waals surface area contributed by atoms with Gasteiger partial charge in [-0.1, -0.05) is 362 Å². The van der Waals surface area contributed by atoms with Crippen LogP contribution >= 0.6 is 15.6 Å². The topological polar surface area (TPSA) is 237 Å². The fourth-order valence-electron chi connectivity index (χ4n) is 12.1. The van der Waals surface area contributed by atoms with Crippen molar-refractivity contribution < 1.29 is 80.2 Å². The molecular weight excluding hydrogens is 1270 g/mol. The lowest BCUT2D eigenvalue weighted by Gasteiger charge is -2.21. The number of phosphoric acid groups is 2. The van der Waals surface area contributed by atoms with Gasteiger partial charge in [0.1, 0.15) is 19.3 Å². The van der Waals surface area contributed by atoms with Gasteiger partial charge >= 0.3 is 39.5 Å². The van der Waals surface area contributed by atoms with Crippen molar-refractivity contribution in [3.63, 3.8) is 0 Å². The Morgan fingerprint density at radius 2 is 0.474 bits per heavy atom. The van der Waals surface area contributed by atoms with Gasteiger partial charge in [-0.2, -0.15) is 0 Å². The van der Waals surface area contributed by atoms with Crippen LogP contribution in [0.5, 0.6) is 0 Å². The van der Waals surface area contributed by atoms with Crippen LogP contribution in [0.1, 0.15) is 413 Å². The molecule has 0 rings (SSSR count). The first-order chi connectivity index (χ1) is 47.0. The van der Waals surface area contributed by atoms with Crippen molar-refractivity contribution in [3.05, 3.63) is 0 Å². The molecule has 0 fully saturated rings. The molecule has 0 heterocycles. The Labute approximate surface area is 594 Å². The molecule has 0 amide bonds. The lowest BCUT2D eigenvalue weighted by atomic mass is 10.0. The minimum absolute atomic E-state index is 0.109. The van der Waals surface area contributed by atoms with Gasteiger partial charge in [-0.3, -0.25) is 37.3 Å². The molecule has 0 saturated heterocycles. The molecule has 19 heteroatoms. The van der Waals surface area contributed by atoms with Gasteiger partial charge in [0.25, 0.3) is 0 Å². The molecule has 0 aromatic rings. The molecule has 5 atom stereocenters. The predicted octanol–water partition coefficient (Wildman–Crippen LogP) is 23.3. The van der Waals surface area contributed by atoms with Gasteiger partial charge in [-0.05, 0) is 31.6 Å². The molecule has 576 valence electrons. The molecular formula is C78H152O17P2. The van der Waals surface area contributed by atoms with Crippen LogP contribution in [0.2, 0.25) is 0 Å². The lowest BCUT2D eigenvalue weighted by molar-refractivity contribution is -0.161. The average molecular weight is 1420 g/mol. The normalized spacial score (nSPS) is 13.9.